The Hall–Kier alpha value is -1.62. The van der Waals surface area contributed by atoms with Crippen molar-refractivity contribution in [1.82, 2.24) is 14.8 Å². The molecule has 5 heteroatoms. The zero-order valence-electron chi connectivity index (χ0n) is 13.7. The van der Waals surface area contributed by atoms with Crippen molar-refractivity contribution >= 4 is 11.7 Å². The van der Waals surface area contributed by atoms with Crippen LogP contribution in [0.1, 0.15) is 31.4 Å². The van der Waals surface area contributed by atoms with E-state index in [-0.39, 0.29) is 5.91 Å². The van der Waals surface area contributed by atoms with Crippen molar-refractivity contribution in [3.63, 3.8) is 0 Å². The van der Waals surface area contributed by atoms with Crippen LogP contribution in [0, 0.1) is 0 Å². The third-order valence-corrected chi connectivity index (χ3v) is 4.85. The second kappa shape index (κ2) is 6.65. The van der Waals surface area contributed by atoms with Crippen LogP contribution in [0.3, 0.4) is 0 Å². The highest BCUT2D eigenvalue weighted by atomic mass is 16.2. The number of piperazine rings is 1. The maximum absolute atomic E-state index is 11.4. The Morgan fingerprint density at radius 1 is 1.18 bits per heavy atom. The molecule has 2 fully saturated rings. The van der Waals surface area contributed by atoms with Crippen LogP contribution >= 0.6 is 0 Å². The highest BCUT2D eigenvalue weighted by Crippen LogP contribution is 2.26. The van der Waals surface area contributed by atoms with Crippen molar-refractivity contribution in [2.75, 3.05) is 51.2 Å². The number of hydrogen-bond donors (Lipinski definition) is 0. The molecule has 120 valence electrons. The van der Waals surface area contributed by atoms with E-state index >= 15 is 0 Å². The number of piperidine rings is 1. The topological polar surface area (TPSA) is 39.7 Å². The van der Waals surface area contributed by atoms with Gasteiger partial charge in [-0.25, -0.2) is 4.98 Å². The summed E-state index contributed by atoms with van der Waals surface area (Å²) in [6.07, 6.45) is 2.49. The molecule has 5 nitrogen and oxygen atoms in total. The molecule has 2 saturated heterocycles. The number of aromatic nitrogens is 1. The van der Waals surface area contributed by atoms with Gasteiger partial charge in [-0.1, -0.05) is 6.07 Å². The minimum absolute atomic E-state index is 0.173. The van der Waals surface area contributed by atoms with E-state index in [9.17, 15) is 4.79 Å². The molecule has 0 aliphatic carbocycles. The lowest BCUT2D eigenvalue weighted by Crippen LogP contribution is -2.48. The molecule has 1 aromatic heterocycles. The van der Waals surface area contributed by atoms with Gasteiger partial charge in [0.15, 0.2) is 0 Å². The number of amides is 1. The van der Waals surface area contributed by atoms with Crippen LogP contribution in [-0.4, -0.2) is 67.0 Å². The number of carbonyl (C=O) groups is 1. The Morgan fingerprint density at radius 3 is 2.64 bits per heavy atom. The number of hydrogen-bond acceptors (Lipinski definition) is 4. The minimum atomic E-state index is 0.173. The predicted octanol–water partition coefficient (Wildman–Crippen LogP) is 1.56. The Balaban J connectivity index is 1.68. The first-order valence-corrected chi connectivity index (χ1v) is 8.29. The van der Waals surface area contributed by atoms with Gasteiger partial charge in [0.1, 0.15) is 5.82 Å². The Morgan fingerprint density at radius 2 is 1.95 bits per heavy atom. The zero-order chi connectivity index (χ0) is 15.5. The van der Waals surface area contributed by atoms with Gasteiger partial charge in [0.25, 0.3) is 0 Å². The molecule has 0 bridgehead atoms. The van der Waals surface area contributed by atoms with E-state index in [2.05, 4.69) is 35.0 Å². The lowest BCUT2D eigenvalue weighted by molar-refractivity contribution is -0.129. The molecule has 1 atom stereocenters. The number of anilines is 1. The van der Waals surface area contributed by atoms with E-state index in [4.69, 9.17) is 4.98 Å². The van der Waals surface area contributed by atoms with Gasteiger partial charge >= 0.3 is 0 Å². The summed E-state index contributed by atoms with van der Waals surface area (Å²) in [5, 5.41) is 0. The van der Waals surface area contributed by atoms with Crippen LogP contribution in [0.15, 0.2) is 18.2 Å². The van der Waals surface area contributed by atoms with Gasteiger partial charge in [-0.05, 0) is 38.6 Å². The average Bonchev–Trinajstić information content (AvgIpc) is 2.55. The Labute approximate surface area is 132 Å². The molecule has 22 heavy (non-hydrogen) atoms. The van der Waals surface area contributed by atoms with E-state index < -0.39 is 0 Å². The van der Waals surface area contributed by atoms with Crippen LogP contribution in [-0.2, 0) is 4.79 Å². The molecule has 0 spiro atoms. The summed E-state index contributed by atoms with van der Waals surface area (Å²) in [7, 11) is 2.19. The molecule has 2 aliphatic heterocycles. The first-order valence-electron chi connectivity index (χ1n) is 8.29. The number of carbonyl (C=O) groups excluding carboxylic acids is 1. The van der Waals surface area contributed by atoms with Crippen LogP contribution in [0.4, 0.5) is 5.82 Å². The van der Waals surface area contributed by atoms with Gasteiger partial charge < -0.3 is 14.7 Å². The summed E-state index contributed by atoms with van der Waals surface area (Å²) in [4.78, 5) is 23.0. The predicted molar refractivity (Wildman–Crippen MR) is 88.2 cm³/mol. The van der Waals surface area contributed by atoms with Crippen molar-refractivity contribution in [3.8, 4) is 0 Å². The molecular formula is C17H26N4O. The van der Waals surface area contributed by atoms with Gasteiger partial charge in [-0.2, -0.15) is 0 Å². The molecule has 2 aliphatic rings. The lowest BCUT2D eigenvalue weighted by atomic mass is 9.94. The van der Waals surface area contributed by atoms with Gasteiger partial charge in [0, 0.05) is 51.3 Å². The largest absolute Gasteiger partial charge is 0.353 e. The van der Waals surface area contributed by atoms with E-state index in [1.54, 1.807) is 6.92 Å². The molecule has 1 unspecified atom stereocenters. The van der Waals surface area contributed by atoms with Crippen molar-refractivity contribution in [1.29, 1.82) is 0 Å². The van der Waals surface area contributed by atoms with Crippen molar-refractivity contribution in [3.05, 3.63) is 23.9 Å². The molecule has 3 heterocycles. The van der Waals surface area contributed by atoms with Gasteiger partial charge in [-0.3, -0.25) is 4.79 Å². The molecule has 1 aromatic rings. The fraction of sp³-hybridized carbons (Fsp3) is 0.647. The van der Waals surface area contributed by atoms with Crippen molar-refractivity contribution in [2.24, 2.45) is 0 Å². The molecule has 3 rings (SSSR count). The Bertz CT molecular complexity index is 525. The molecule has 0 N–H and O–H groups in total. The summed E-state index contributed by atoms with van der Waals surface area (Å²) in [5.74, 6) is 1.79. The maximum atomic E-state index is 11.4. The van der Waals surface area contributed by atoms with E-state index in [1.807, 2.05) is 4.90 Å². The molecule has 0 radical (unpaired) electrons. The fourth-order valence-corrected chi connectivity index (χ4v) is 3.50. The summed E-state index contributed by atoms with van der Waals surface area (Å²) >= 11 is 0. The highest BCUT2D eigenvalue weighted by Gasteiger charge is 2.23. The third kappa shape index (κ3) is 3.40. The van der Waals surface area contributed by atoms with Crippen molar-refractivity contribution in [2.45, 2.75) is 25.7 Å². The number of likely N-dealkylation sites (tertiary alicyclic amines) is 1. The highest BCUT2D eigenvalue weighted by molar-refractivity contribution is 5.73. The minimum Gasteiger partial charge on any atom is -0.353 e. The quantitative estimate of drug-likeness (QED) is 0.831. The summed E-state index contributed by atoms with van der Waals surface area (Å²) in [6.45, 7) is 7.30. The SMILES string of the molecule is CC(=O)N1CCN(c2cccc(C3CCCN(C)C3)n2)CC1. The standard InChI is InChI=1S/C17H26N4O/c1-14(22)20-9-11-21(12-10-20)17-7-3-6-16(18-17)15-5-4-8-19(2)13-15/h3,6-7,15H,4-5,8-13H2,1-2H3. The van der Waals surface area contributed by atoms with Crippen LogP contribution in [0.2, 0.25) is 0 Å². The van der Waals surface area contributed by atoms with E-state index in [0.717, 1.165) is 38.5 Å². The Kier molecular flexibility index (Phi) is 4.62. The van der Waals surface area contributed by atoms with Gasteiger partial charge in [-0.15, -0.1) is 0 Å². The van der Waals surface area contributed by atoms with E-state index in [1.165, 1.54) is 25.1 Å². The van der Waals surface area contributed by atoms with Crippen LogP contribution < -0.4 is 4.90 Å². The van der Waals surface area contributed by atoms with Crippen LogP contribution in [0.25, 0.3) is 0 Å². The summed E-state index contributed by atoms with van der Waals surface area (Å²) in [5.41, 5.74) is 1.22. The second-order valence-electron chi connectivity index (χ2n) is 6.52. The number of likely N-dealkylation sites (N-methyl/N-ethyl adjacent to an activating group) is 1. The van der Waals surface area contributed by atoms with E-state index in [0.29, 0.717) is 5.92 Å². The monoisotopic (exact) mass is 302 g/mol. The zero-order valence-corrected chi connectivity index (χ0v) is 13.7. The normalized spacial score (nSPS) is 23.6. The molecular weight excluding hydrogens is 276 g/mol. The second-order valence-corrected chi connectivity index (χ2v) is 6.52. The fourth-order valence-electron chi connectivity index (χ4n) is 3.50. The number of nitrogens with zero attached hydrogens (tertiary/aromatic N) is 4. The number of rotatable bonds is 2. The van der Waals surface area contributed by atoms with Gasteiger partial charge in [0.05, 0.1) is 0 Å². The van der Waals surface area contributed by atoms with Crippen LogP contribution in [0.5, 0.6) is 0 Å². The first-order chi connectivity index (χ1) is 10.6. The molecule has 1 amide bonds. The summed E-state index contributed by atoms with van der Waals surface area (Å²) in [6, 6.07) is 6.39. The van der Waals surface area contributed by atoms with Crippen molar-refractivity contribution < 1.29 is 4.79 Å². The first kappa shape index (κ1) is 15.3. The lowest BCUT2D eigenvalue weighted by Gasteiger charge is -2.35. The third-order valence-electron chi connectivity index (χ3n) is 4.85. The maximum Gasteiger partial charge on any atom is 0.219 e. The van der Waals surface area contributed by atoms with Gasteiger partial charge in [0.2, 0.25) is 5.91 Å². The average molecular weight is 302 g/mol. The molecule has 0 saturated carbocycles. The number of pyridine rings is 1. The smallest absolute Gasteiger partial charge is 0.219 e. The summed E-state index contributed by atoms with van der Waals surface area (Å²) < 4.78 is 0. The molecule has 0 aromatic carbocycles.